The highest BCUT2D eigenvalue weighted by Gasteiger charge is 2.37. The summed E-state index contributed by atoms with van der Waals surface area (Å²) in [6, 6.07) is -0.0972. The van der Waals surface area contributed by atoms with Gasteiger partial charge >= 0.3 is 6.03 Å². The van der Waals surface area contributed by atoms with Crippen LogP contribution in [-0.2, 0) is 9.47 Å². The van der Waals surface area contributed by atoms with Gasteiger partial charge in [0, 0.05) is 32.2 Å². The lowest BCUT2D eigenvalue weighted by molar-refractivity contribution is 0.00773. The van der Waals surface area contributed by atoms with E-state index in [1.807, 2.05) is 0 Å². The predicted molar refractivity (Wildman–Crippen MR) is 77.7 cm³/mol. The molecule has 2 heterocycles. The first-order valence-corrected chi connectivity index (χ1v) is 7.71. The molecule has 5 nitrogen and oxygen atoms in total. The van der Waals surface area contributed by atoms with Crippen molar-refractivity contribution in [3.05, 3.63) is 0 Å². The third-order valence-corrected chi connectivity index (χ3v) is 4.11. The number of rotatable bonds is 4. The first-order chi connectivity index (χ1) is 9.47. The largest absolute Gasteiger partial charge is 0.377 e. The molecular weight excluding hydrogens is 256 g/mol. The van der Waals surface area contributed by atoms with Crippen LogP contribution >= 0.6 is 0 Å². The molecule has 0 aromatic rings. The number of hydrogen-bond acceptors (Lipinski definition) is 3. The van der Waals surface area contributed by atoms with E-state index in [0.29, 0.717) is 19.0 Å². The normalized spacial score (nSPS) is 30.4. The standard InChI is InChI=1S/C15H28N2O3/c1-15(2,3)13-11(6-8-20-13)9-16-14(18)17-10-12-5-4-7-19-12/h11-13H,4-10H2,1-3H3,(H2,16,17,18)/t11-,12-,13+/m1/s1. The van der Waals surface area contributed by atoms with E-state index in [1.54, 1.807) is 0 Å². The van der Waals surface area contributed by atoms with Gasteiger partial charge in [-0.05, 0) is 24.7 Å². The predicted octanol–water partition coefficient (Wildman–Crippen LogP) is 1.92. The maximum Gasteiger partial charge on any atom is 0.314 e. The Morgan fingerprint density at radius 1 is 1.10 bits per heavy atom. The second-order valence-corrected chi connectivity index (χ2v) is 6.93. The fourth-order valence-corrected chi connectivity index (χ4v) is 3.10. The first-order valence-electron chi connectivity index (χ1n) is 7.71. The number of carbonyl (C=O) groups excluding carboxylic acids is 1. The quantitative estimate of drug-likeness (QED) is 0.829. The molecule has 5 heteroatoms. The van der Waals surface area contributed by atoms with Gasteiger partial charge in [-0.3, -0.25) is 0 Å². The third kappa shape index (κ3) is 4.35. The highest BCUT2D eigenvalue weighted by Crippen LogP contribution is 2.34. The molecule has 2 rings (SSSR count). The van der Waals surface area contributed by atoms with Gasteiger partial charge in [-0.1, -0.05) is 20.8 Å². The van der Waals surface area contributed by atoms with Crippen LogP contribution in [0.2, 0.25) is 0 Å². The topological polar surface area (TPSA) is 59.6 Å². The minimum atomic E-state index is -0.0972. The van der Waals surface area contributed by atoms with Gasteiger partial charge in [-0.25, -0.2) is 4.79 Å². The molecule has 0 bridgehead atoms. The van der Waals surface area contributed by atoms with Crippen molar-refractivity contribution in [3.63, 3.8) is 0 Å². The molecule has 2 fully saturated rings. The minimum absolute atomic E-state index is 0.0972. The van der Waals surface area contributed by atoms with E-state index < -0.39 is 0 Å². The summed E-state index contributed by atoms with van der Waals surface area (Å²) in [7, 11) is 0. The Balaban J connectivity index is 1.67. The number of urea groups is 1. The molecule has 0 unspecified atom stereocenters. The van der Waals surface area contributed by atoms with Gasteiger partial charge in [0.15, 0.2) is 0 Å². The Hall–Kier alpha value is -0.810. The summed E-state index contributed by atoms with van der Waals surface area (Å²) in [5.74, 6) is 0.406. The zero-order chi connectivity index (χ0) is 14.6. The fourth-order valence-electron chi connectivity index (χ4n) is 3.10. The van der Waals surface area contributed by atoms with E-state index in [4.69, 9.17) is 9.47 Å². The molecule has 0 radical (unpaired) electrons. The van der Waals surface area contributed by atoms with Gasteiger partial charge in [-0.2, -0.15) is 0 Å². The average molecular weight is 284 g/mol. The van der Waals surface area contributed by atoms with E-state index in [0.717, 1.165) is 32.5 Å². The summed E-state index contributed by atoms with van der Waals surface area (Å²) in [6.07, 6.45) is 3.58. The zero-order valence-electron chi connectivity index (χ0n) is 12.9. The highest BCUT2D eigenvalue weighted by atomic mass is 16.5. The molecule has 0 aliphatic carbocycles. The van der Waals surface area contributed by atoms with Gasteiger partial charge in [-0.15, -0.1) is 0 Å². The summed E-state index contributed by atoms with van der Waals surface area (Å²) in [5.41, 5.74) is 0.122. The molecule has 0 aromatic carbocycles. The van der Waals surface area contributed by atoms with Crippen molar-refractivity contribution in [2.24, 2.45) is 11.3 Å². The molecule has 2 aliphatic heterocycles. The van der Waals surface area contributed by atoms with Gasteiger partial charge in [0.25, 0.3) is 0 Å². The Bertz CT molecular complexity index is 322. The van der Waals surface area contributed by atoms with Crippen molar-refractivity contribution >= 4 is 6.03 Å². The summed E-state index contributed by atoms with van der Waals surface area (Å²) < 4.78 is 11.3. The average Bonchev–Trinajstić information content (AvgIpc) is 3.03. The number of nitrogens with one attached hydrogen (secondary N) is 2. The van der Waals surface area contributed by atoms with Crippen molar-refractivity contribution in [1.29, 1.82) is 0 Å². The molecule has 0 spiro atoms. The van der Waals surface area contributed by atoms with Gasteiger partial charge in [0.1, 0.15) is 0 Å². The van der Waals surface area contributed by atoms with Crippen LogP contribution in [0.25, 0.3) is 0 Å². The Kier molecular flexibility index (Phi) is 5.27. The van der Waals surface area contributed by atoms with E-state index in [-0.39, 0.29) is 23.7 Å². The zero-order valence-corrected chi connectivity index (χ0v) is 12.9. The summed E-state index contributed by atoms with van der Waals surface area (Å²) in [6.45, 7) is 9.47. The maximum absolute atomic E-state index is 11.8. The molecule has 2 amide bonds. The highest BCUT2D eigenvalue weighted by molar-refractivity contribution is 5.73. The van der Waals surface area contributed by atoms with E-state index in [2.05, 4.69) is 31.4 Å². The number of ether oxygens (including phenoxy) is 2. The summed E-state index contributed by atoms with van der Waals surface area (Å²) >= 11 is 0. The molecule has 116 valence electrons. The monoisotopic (exact) mass is 284 g/mol. The molecule has 2 saturated heterocycles. The van der Waals surface area contributed by atoms with Crippen molar-refractivity contribution in [3.8, 4) is 0 Å². The van der Waals surface area contributed by atoms with Crippen molar-refractivity contribution in [2.75, 3.05) is 26.3 Å². The molecular formula is C15H28N2O3. The maximum atomic E-state index is 11.8. The molecule has 0 aromatic heterocycles. The van der Waals surface area contributed by atoms with Gasteiger partial charge < -0.3 is 20.1 Å². The molecule has 2 aliphatic rings. The van der Waals surface area contributed by atoms with Crippen LogP contribution in [0.4, 0.5) is 4.79 Å². The summed E-state index contributed by atoms with van der Waals surface area (Å²) in [4.78, 5) is 11.8. The Morgan fingerprint density at radius 3 is 2.50 bits per heavy atom. The van der Waals surface area contributed by atoms with Crippen LogP contribution in [0.3, 0.4) is 0 Å². The second-order valence-electron chi connectivity index (χ2n) is 6.93. The van der Waals surface area contributed by atoms with Gasteiger partial charge in [0.2, 0.25) is 0 Å². The first kappa shape index (κ1) is 15.6. The van der Waals surface area contributed by atoms with Crippen LogP contribution in [0.1, 0.15) is 40.0 Å². The van der Waals surface area contributed by atoms with Crippen LogP contribution in [0.15, 0.2) is 0 Å². The lowest BCUT2D eigenvalue weighted by Gasteiger charge is -2.31. The van der Waals surface area contributed by atoms with Crippen molar-refractivity contribution in [1.82, 2.24) is 10.6 Å². The van der Waals surface area contributed by atoms with Gasteiger partial charge in [0.05, 0.1) is 12.2 Å². The SMILES string of the molecule is CC(C)(C)[C@H]1OCC[C@@H]1CNC(=O)NC[C@H]1CCCO1. The van der Waals surface area contributed by atoms with Crippen LogP contribution in [0, 0.1) is 11.3 Å². The Labute approximate surface area is 121 Å². The molecule has 3 atom stereocenters. The minimum Gasteiger partial charge on any atom is -0.377 e. The Morgan fingerprint density at radius 2 is 1.85 bits per heavy atom. The molecule has 0 saturated carbocycles. The number of amides is 2. The number of carbonyl (C=O) groups is 1. The van der Waals surface area contributed by atoms with Crippen LogP contribution < -0.4 is 10.6 Å². The van der Waals surface area contributed by atoms with E-state index in [9.17, 15) is 4.79 Å². The van der Waals surface area contributed by atoms with Crippen LogP contribution in [0.5, 0.6) is 0 Å². The smallest absolute Gasteiger partial charge is 0.314 e. The van der Waals surface area contributed by atoms with E-state index in [1.165, 1.54) is 0 Å². The molecule has 2 N–H and O–H groups in total. The lowest BCUT2D eigenvalue weighted by Crippen LogP contribution is -2.44. The van der Waals surface area contributed by atoms with E-state index >= 15 is 0 Å². The van der Waals surface area contributed by atoms with Crippen molar-refractivity contribution < 1.29 is 14.3 Å². The van der Waals surface area contributed by atoms with Crippen molar-refractivity contribution in [2.45, 2.75) is 52.2 Å². The number of hydrogen-bond donors (Lipinski definition) is 2. The summed E-state index contributed by atoms with van der Waals surface area (Å²) in [5, 5.41) is 5.85. The second kappa shape index (κ2) is 6.76. The third-order valence-electron chi connectivity index (χ3n) is 4.11. The molecule has 20 heavy (non-hydrogen) atoms. The lowest BCUT2D eigenvalue weighted by atomic mass is 9.81. The fraction of sp³-hybridized carbons (Fsp3) is 0.933. The van der Waals surface area contributed by atoms with Crippen LogP contribution in [-0.4, -0.2) is 44.5 Å².